The molecule has 0 bridgehead atoms. The van der Waals surface area contributed by atoms with Gasteiger partial charge in [-0.25, -0.2) is 0 Å². The van der Waals surface area contributed by atoms with Crippen LogP contribution >= 0.6 is 0 Å². The predicted octanol–water partition coefficient (Wildman–Crippen LogP) is 1.88. The summed E-state index contributed by atoms with van der Waals surface area (Å²) in [6, 6.07) is 3.82. The lowest BCUT2D eigenvalue weighted by Gasteiger charge is -2.32. The summed E-state index contributed by atoms with van der Waals surface area (Å²) in [5.41, 5.74) is 3.11. The fourth-order valence-electron chi connectivity index (χ4n) is 3.33. The fourth-order valence-corrected chi connectivity index (χ4v) is 3.33. The summed E-state index contributed by atoms with van der Waals surface area (Å²) >= 11 is 0. The van der Waals surface area contributed by atoms with Crippen molar-refractivity contribution >= 4 is 5.91 Å². The molecule has 6 heteroatoms. The van der Waals surface area contributed by atoms with Crippen molar-refractivity contribution < 1.29 is 4.79 Å². The molecule has 1 aliphatic heterocycles. The number of carbonyl (C=O) groups is 1. The van der Waals surface area contributed by atoms with Crippen LogP contribution in [0.25, 0.3) is 0 Å². The molecule has 0 N–H and O–H groups in total. The van der Waals surface area contributed by atoms with Crippen molar-refractivity contribution in [2.45, 2.75) is 31.7 Å². The molecule has 1 amide bonds. The Morgan fingerprint density at radius 1 is 1.20 bits per heavy atom. The second kappa shape index (κ2) is 8.16. The Kier molecular flexibility index (Phi) is 5.71. The highest BCUT2D eigenvalue weighted by molar-refractivity contribution is 5.78. The van der Waals surface area contributed by atoms with Crippen molar-refractivity contribution in [3.63, 3.8) is 0 Å². The molecule has 0 atom stereocenters. The monoisotopic (exact) mass is 339 g/mol. The largest absolute Gasteiger partial charge is 0.342 e. The molecule has 3 rings (SSSR count). The zero-order valence-corrected chi connectivity index (χ0v) is 14.9. The first-order chi connectivity index (χ1) is 12.1. The number of pyridine rings is 1. The van der Waals surface area contributed by atoms with E-state index in [4.69, 9.17) is 0 Å². The van der Waals surface area contributed by atoms with Crippen LogP contribution in [0.15, 0.2) is 36.9 Å². The highest BCUT2D eigenvalue weighted by Crippen LogP contribution is 2.28. The van der Waals surface area contributed by atoms with E-state index in [2.05, 4.69) is 19.9 Å². The van der Waals surface area contributed by atoms with Gasteiger partial charge in [0.1, 0.15) is 0 Å². The zero-order valence-electron chi connectivity index (χ0n) is 14.9. The third kappa shape index (κ3) is 4.60. The summed E-state index contributed by atoms with van der Waals surface area (Å²) < 4.78 is 0. The first-order valence-electron chi connectivity index (χ1n) is 8.74. The van der Waals surface area contributed by atoms with Gasteiger partial charge in [-0.1, -0.05) is 6.07 Å². The van der Waals surface area contributed by atoms with Crippen LogP contribution in [0, 0.1) is 0 Å². The lowest BCUT2D eigenvalue weighted by molar-refractivity contribution is -0.131. The highest BCUT2D eigenvalue weighted by atomic mass is 16.2. The molecular formula is C19H25N5O. The molecule has 0 saturated carbocycles. The molecule has 3 heterocycles. The third-order valence-corrected chi connectivity index (χ3v) is 4.58. The Balaban J connectivity index is 1.60. The maximum Gasteiger partial charge on any atom is 0.227 e. The van der Waals surface area contributed by atoms with E-state index in [9.17, 15) is 4.79 Å². The molecule has 6 nitrogen and oxygen atoms in total. The van der Waals surface area contributed by atoms with Gasteiger partial charge in [0.2, 0.25) is 5.91 Å². The van der Waals surface area contributed by atoms with Crippen LogP contribution in [-0.4, -0.2) is 57.8 Å². The van der Waals surface area contributed by atoms with E-state index >= 15 is 0 Å². The van der Waals surface area contributed by atoms with Crippen molar-refractivity contribution in [3.05, 3.63) is 53.9 Å². The lowest BCUT2D eigenvalue weighted by Crippen LogP contribution is -2.39. The van der Waals surface area contributed by atoms with Crippen molar-refractivity contribution in [2.24, 2.45) is 0 Å². The standard InChI is InChI=1S/C19H25N5O/c1-23(2)14-17-19(22-9-8-21-17)16-5-10-24(11-6-16)18(25)12-15-4-3-7-20-13-15/h3-4,7-9,13,16H,5-6,10-12,14H2,1-2H3. The summed E-state index contributed by atoms with van der Waals surface area (Å²) in [5.74, 6) is 0.560. The normalized spacial score (nSPS) is 15.6. The topological polar surface area (TPSA) is 62.2 Å². The summed E-state index contributed by atoms with van der Waals surface area (Å²) in [6.45, 7) is 2.35. The molecule has 2 aromatic heterocycles. The van der Waals surface area contributed by atoms with Gasteiger partial charge in [0.05, 0.1) is 17.8 Å². The van der Waals surface area contributed by atoms with Gasteiger partial charge in [0, 0.05) is 50.3 Å². The number of hydrogen-bond acceptors (Lipinski definition) is 5. The van der Waals surface area contributed by atoms with E-state index in [1.807, 2.05) is 31.1 Å². The highest BCUT2D eigenvalue weighted by Gasteiger charge is 2.26. The van der Waals surface area contributed by atoms with E-state index < -0.39 is 0 Å². The van der Waals surface area contributed by atoms with Crippen LogP contribution in [0.1, 0.15) is 35.7 Å². The number of hydrogen-bond donors (Lipinski definition) is 0. The fraction of sp³-hybridized carbons (Fsp3) is 0.474. The van der Waals surface area contributed by atoms with E-state index in [1.165, 1.54) is 0 Å². The summed E-state index contributed by atoms with van der Waals surface area (Å²) in [6.07, 6.45) is 9.33. The number of likely N-dealkylation sites (tertiary alicyclic amines) is 1. The van der Waals surface area contributed by atoms with Crippen molar-refractivity contribution in [1.29, 1.82) is 0 Å². The maximum absolute atomic E-state index is 12.5. The first-order valence-corrected chi connectivity index (χ1v) is 8.74. The molecule has 132 valence electrons. The van der Waals surface area contributed by atoms with Gasteiger partial charge in [-0.15, -0.1) is 0 Å². The molecule has 0 aromatic carbocycles. The van der Waals surface area contributed by atoms with Crippen LogP contribution in [0.2, 0.25) is 0 Å². The molecule has 0 radical (unpaired) electrons. The predicted molar refractivity (Wildman–Crippen MR) is 95.9 cm³/mol. The maximum atomic E-state index is 12.5. The minimum Gasteiger partial charge on any atom is -0.342 e. The van der Waals surface area contributed by atoms with Crippen LogP contribution in [0.3, 0.4) is 0 Å². The number of aromatic nitrogens is 3. The van der Waals surface area contributed by atoms with Crippen LogP contribution in [-0.2, 0) is 17.8 Å². The number of rotatable bonds is 5. The van der Waals surface area contributed by atoms with Crippen LogP contribution in [0.4, 0.5) is 0 Å². The second-order valence-electron chi connectivity index (χ2n) is 6.82. The van der Waals surface area contributed by atoms with Gasteiger partial charge >= 0.3 is 0 Å². The van der Waals surface area contributed by atoms with Gasteiger partial charge < -0.3 is 9.80 Å². The van der Waals surface area contributed by atoms with E-state index in [-0.39, 0.29) is 5.91 Å². The minimum absolute atomic E-state index is 0.180. The van der Waals surface area contributed by atoms with Gasteiger partial charge in [-0.3, -0.25) is 19.7 Å². The van der Waals surface area contributed by atoms with Crippen LogP contribution in [0.5, 0.6) is 0 Å². The number of carbonyl (C=O) groups excluding carboxylic acids is 1. The lowest BCUT2D eigenvalue weighted by atomic mass is 9.91. The van der Waals surface area contributed by atoms with Gasteiger partial charge in [-0.05, 0) is 38.6 Å². The summed E-state index contributed by atoms with van der Waals surface area (Å²) in [4.78, 5) is 29.7. The molecule has 1 aliphatic rings. The Hall–Kier alpha value is -2.34. The van der Waals surface area contributed by atoms with Gasteiger partial charge in [0.15, 0.2) is 0 Å². The number of nitrogens with zero attached hydrogens (tertiary/aromatic N) is 5. The number of amides is 1. The average Bonchev–Trinajstić information content (AvgIpc) is 2.63. The molecule has 0 unspecified atom stereocenters. The molecule has 2 aromatic rings. The molecule has 0 spiro atoms. The second-order valence-corrected chi connectivity index (χ2v) is 6.82. The smallest absolute Gasteiger partial charge is 0.227 e. The third-order valence-electron chi connectivity index (χ3n) is 4.58. The molecular weight excluding hydrogens is 314 g/mol. The minimum atomic E-state index is 0.180. The van der Waals surface area contributed by atoms with Crippen LogP contribution < -0.4 is 0 Å². The molecule has 25 heavy (non-hydrogen) atoms. The van der Waals surface area contributed by atoms with Gasteiger partial charge in [0.25, 0.3) is 0 Å². The SMILES string of the molecule is CN(C)Cc1nccnc1C1CCN(C(=O)Cc2cccnc2)CC1. The van der Waals surface area contributed by atoms with Crippen molar-refractivity contribution in [1.82, 2.24) is 24.8 Å². The van der Waals surface area contributed by atoms with E-state index in [0.717, 1.165) is 49.4 Å². The first kappa shape index (κ1) is 17.5. The van der Waals surface area contributed by atoms with E-state index in [0.29, 0.717) is 12.3 Å². The quantitative estimate of drug-likeness (QED) is 0.832. The summed E-state index contributed by atoms with van der Waals surface area (Å²) in [7, 11) is 4.08. The zero-order chi connectivity index (χ0) is 17.6. The Labute approximate surface area is 148 Å². The van der Waals surface area contributed by atoms with E-state index in [1.54, 1.807) is 24.8 Å². The van der Waals surface area contributed by atoms with Crippen molar-refractivity contribution in [2.75, 3.05) is 27.2 Å². The molecule has 1 fully saturated rings. The summed E-state index contributed by atoms with van der Waals surface area (Å²) in [5, 5.41) is 0. The van der Waals surface area contributed by atoms with Gasteiger partial charge in [-0.2, -0.15) is 0 Å². The molecule has 1 saturated heterocycles. The number of piperidine rings is 1. The Morgan fingerprint density at radius 2 is 1.96 bits per heavy atom. The average molecular weight is 339 g/mol. The molecule has 0 aliphatic carbocycles. The Bertz CT molecular complexity index is 696. The van der Waals surface area contributed by atoms with Crippen molar-refractivity contribution in [3.8, 4) is 0 Å². The Morgan fingerprint density at radius 3 is 2.64 bits per heavy atom.